The lowest BCUT2D eigenvalue weighted by molar-refractivity contribution is -0.143. The number of benzene rings is 1. The summed E-state index contributed by atoms with van der Waals surface area (Å²) in [5.41, 5.74) is -2.61. The molecule has 0 spiro atoms. The molecule has 1 aromatic heterocycles. The Morgan fingerprint density at radius 3 is 2.59 bits per heavy atom. The van der Waals surface area contributed by atoms with Gasteiger partial charge in [0.15, 0.2) is 11.5 Å². The molecule has 1 aromatic carbocycles. The Kier molecular flexibility index (Phi) is 6.54. The summed E-state index contributed by atoms with van der Waals surface area (Å²) in [5, 5.41) is 3.96. The molecule has 2 N–H and O–H groups in total. The molecule has 6 nitrogen and oxygen atoms in total. The molecule has 1 saturated heterocycles. The van der Waals surface area contributed by atoms with Crippen LogP contribution in [0.15, 0.2) is 24.4 Å². The Morgan fingerprint density at radius 2 is 1.97 bits per heavy atom. The van der Waals surface area contributed by atoms with Gasteiger partial charge in [0.1, 0.15) is 22.7 Å². The third kappa shape index (κ3) is 4.59. The summed E-state index contributed by atoms with van der Waals surface area (Å²) in [6.45, 7) is 1.64. The van der Waals surface area contributed by atoms with Crippen molar-refractivity contribution >= 4 is 23.5 Å². The average Bonchev–Trinajstić information content (AvgIpc) is 2.71. The van der Waals surface area contributed by atoms with E-state index in [1.165, 1.54) is 6.92 Å². The highest BCUT2D eigenvalue weighted by molar-refractivity contribution is 6.31. The van der Waals surface area contributed by atoms with Gasteiger partial charge in [0.2, 0.25) is 5.91 Å². The fraction of sp³-hybridized carbons (Fsp3) is 0.316. The summed E-state index contributed by atoms with van der Waals surface area (Å²) >= 11 is 5.59. The van der Waals surface area contributed by atoms with Crippen LogP contribution in [-0.4, -0.2) is 41.0 Å². The lowest BCUT2D eigenvalue weighted by Crippen LogP contribution is -2.58. The highest BCUT2D eigenvalue weighted by Crippen LogP contribution is 2.34. The summed E-state index contributed by atoms with van der Waals surface area (Å²) in [6.07, 6.45) is -4.47. The lowest BCUT2D eigenvalue weighted by Gasteiger charge is -2.34. The molecule has 2 aromatic rings. The normalized spacial score (nSPS) is 17.7. The Bertz CT molecular complexity index is 1060. The van der Waals surface area contributed by atoms with E-state index in [0.717, 1.165) is 17.0 Å². The Balaban J connectivity index is 2.05. The molecule has 32 heavy (non-hydrogen) atoms. The van der Waals surface area contributed by atoms with E-state index >= 15 is 0 Å². The van der Waals surface area contributed by atoms with Gasteiger partial charge in [0.05, 0.1) is 6.04 Å². The van der Waals surface area contributed by atoms with Gasteiger partial charge in [-0.3, -0.25) is 4.79 Å². The SMILES string of the molecule is CC1C(=O)NCCN1C(=O)NC(c1cnc(C(F)(F)F)c(F)c1)c1ccc(F)c(Cl)c1F. The number of halogens is 7. The molecule has 3 amide bonds. The predicted octanol–water partition coefficient (Wildman–Crippen LogP) is 3.79. The second-order valence-corrected chi connectivity index (χ2v) is 7.28. The van der Waals surface area contributed by atoms with Crippen LogP contribution in [0.5, 0.6) is 0 Å². The van der Waals surface area contributed by atoms with E-state index in [0.29, 0.717) is 12.3 Å². The van der Waals surface area contributed by atoms with Crippen molar-refractivity contribution in [3.8, 4) is 0 Å². The van der Waals surface area contributed by atoms with E-state index in [2.05, 4.69) is 15.6 Å². The number of hydrogen-bond acceptors (Lipinski definition) is 3. The number of carbonyl (C=O) groups is 2. The quantitative estimate of drug-likeness (QED) is 0.518. The maximum Gasteiger partial charge on any atom is 0.436 e. The largest absolute Gasteiger partial charge is 0.436 e. The van der Waals surface area contributed by atoms with E-state index in [1.54, 1.807) is 0 Å². The number of nitrogens with one attached hydrogen (secondary N) is 2. The van der Waals surface area contributed by atoms with Gasteiger partial charge in [-0.25, -0.2) is 22.9 Å². The van der Waals surface area contributed by atoms with Crippen LogP contribution in [0.25, 0.3) is 0 Å². The summed E-state index contributed by atoms with van der Waals surface area (Å²) in [4.78, 5) is 28.8. The predicted molar refractivity (Wildman–Crippen MR) is 100 cm³/mol. The van der Waals surface area contributed by atoms with Crippen molar-refractivity contribution in [3.05, 3.63) is 63.7 Å². The molecular formula is C19H15ClF6N4O2. The molecule has 1 aliphatic heterocycles. The fourth-order valence-electron chi connectivity index (χ4n) is 3.19. The van der Waals surface area contributed by atoms with Crippen LogP contribution < -0.4 is 10.6 Å². The number of pyridine rings is 1. The molecule has 0 aliphatic carbocycles. The van der Waals surface area contributed by atoms with Gasteiger partial charge in [0.25, 0.3) is 0 Å². The van der Waals surface area contributed by atoms with Crippen LogP contribution in [0.3, 0.4) is 0 Å². The monoisotopic (exact) mass is 480 g/mol. The molecule has 2 atom stereocenters. The molecule has 172 valence electrons. The highest BCUT2D eigenvalue weighted by atomic mass is 35.5. The summed E-state index contributed by atoms with van der Waals surface area (Å²) in [7, 11) is 0. The van der Waals surface area contributed by atoms with Gasteiger partial charge in [-0.2, -0.15) is 13.2 Å². The highest BCUT2D eigenvalue weighted by Gasteiger charge is 2.37. The Morgan fingerprint density at radius 1 is 1.28 bits per heavy atom. The average molecular weight is 481 g/mol. The van der Waals surface area contributed by atoms with Gasteiger partial charge in [-0.1, -0.05) is 17.7 Å². The maximum atomic E-state index is 14.7. The lowest BCUT2D eigenvalue weighted by atomic mass is 9.98. The van der Waals surface area contributed by atoms with Crippen LogP contribution >= 0.6 is 11.6 Å². The van der Waals surface area contributed by atoms with E-state index in [1.807, 2.05) is 0 Å². The number of hydrogen-bond donors (Lipinski definition) is 2. The van der Waals surface area contributed by atoms with Crippen molar-refractivity contribution in [3.63, 3.8) is 0 Å². The minimum absolute atomic E-state index is 0.0811. The molecule has 0 bridgehead atoms. The van der Waals surface area contributed by atoms with Crippen molar-refractivity contribution in [1.29, 1.82) is 0 Å². The first-order chi connectivity index (χ1) is 14.9. The van der Waals surface area contributed by atoms with Gasteiger partial charge in [0, 0.05) is 30.4 Å². The smallest absolute Gasteiger partial charge is 0.353 e. The topological polar surface area (TPSA) is 74.3 Å². The van der Waals surface area contributed by atoms with E-state index in [9.17, 15) is 35.9 Å². The first kappa shape index (κ1) is 23.6. The number of aromatic nitrogens is 1. The first-order valence-corrected chi connectivity index (χ1v) is 9.50. The molecule has 2 heterocycles. The minimum Gasteiger partial charge on any atom is -0.353 e. The second kappa shape index (κ2) is 8.85. The van der Waals surface area contributed by atoms with Gasteiger partial charge >= 0.3 is 12.2 Å². The number of piperazine rings is 1. The minimum atomic E-state index is -5.08. The Labute approximate surface area is 182 Å². The molecule has 2 unspecified atom stereocenters. The van der Waals surface area contributed by atoms with Crippen molar-refractivity contribution in [2.45, 2.75) is 25.2 Å². The van der Waals surface area contributed by atoms with Gasteiger partial charge in [-0.15, -0.1) is 0 Å². The van der Waals surface area contributed by atoms with Crippen molar-refractivity contribution in [2.75, 3.05) is 13.1 Å². The Hall–Kier alpha value is -3.02. The number of amides is 3. The summed E-state index contributed by atoms with van der Waals surface area (Å²) in [6, 6.07) is -1.27. The standard InChI is InChI=1S/C19H15ClF6N4O2/c1-8-17(31)27-4-5-30(8)18(32)29-15(10-2-3-11(21)13(20)14(10)23)9-6-12(22)16(28-7-9)19(24,25)26/h2-3,6-8,15H,4-5H2,1H3,(H,27,31)(H,29,32). The summed E-state index contributed by atoms with van der Waals surface area (Å²) < 4.78 is 81.0. The molecule has 13 heteroatoms. The van der Waals surface area contributed by atoms with Gasteiger partial charge in [-0.05, 0) is 19.1 Å². The second-order valence-electron chi connectivity index (χ2n) is 6.90. The summed E-state index contributed by atoms with van der Waals surface area (Å²) in [5.74, 6) is -4.63. The van der Waals surface area contributed by atoms with Crippen molar-refractivity contribution in [2.24, 2.45) is 0 Å². The van der Waals surface area contributed by atoms with E-state index in [-0.39, 0.29) is 18.7 Å². The zero-order valence-electron chi connectivity index (χ0n) is 16.2. The van der Waals surface area contributed by atoms with E-state index < -0.39 is 63.9 Å². The van der Waals surface area contributed by atoms with Crippen LogP contribution in [0.4, 0.5) is 31.1 Å². The third-order valence-electron chi connectivity index (χ3n) is 4.87. The molecule has 3 rings (SSSR count). The van der Waals surface area contributed by atoms with Gasteiger partial charge < -0.3 is 15.5 Å². The third-order valence-corrected chi connectivity index (χ3v) is 5.21. The molecule has 0 saturated carbocycles. The van der Waals surface area contributed by atoms with Crippen LogP contribution in [0.1, 0.15) is 29.8 Å². The van der Waals surface area contributed by atoms with Crippen LogP contribution in [0.2, 0.25) is 5.02 Å². The van der Waals surface area contributed by atoms with Crippen molar-refractivity contribution < 1.29 is 35.9 Å². The number of alkyl halides is 3. The number of rotatable bonds is 3. The first-order valence-electron chi connectivity index (χ1n) is 9.12. The molecule has 1 aliphatic rings. The number of nitrogens with zero attached hydrogens (tertiary/aromatic N) is 2. The van der Waals surface area contributed by atoms with Crippen LogP contribution in [-0.2, 0) is 11.0 Å². The van der Waals surface area contributed by atoms with E-state index in [4.69, 9.17) is 11.6 Å². The maximum absolute atomic E-state index is 14.7. The van der Waals surface area contributed by atoms with Crippen LogP contribution in [0, 0.1) is 17.5 Å². The molecule has 1 fully saturated rings. The zero-order chi connectivity index (χ0) is 23.8. The zero-order valence-corrected chi connectivity index (χ0v) is 17.0. The van der Waals surface area contributed by atoms with Crippen molar-refractivity contribution in [1.82, 2.24) is 20.5 Å². The molecule has 0 radical (unpaired) electrons. The number of urea groups is 1. The number of carbonyl (C=O) groups excluding carboxylic acids is 2. The molecular weight excluding hydrogens is 466 g/mol. The fourth-order valence-corrected chi connectivity index (χ4v) is 3.36.